The summed E-state index contributed by atoms with van der Waals surface area (Å²) in [5.74, 6) is 0. The molecule has 0 aromatic heterocycles. The van der Waals surface area contributed by atoms with Crippen LogP contribution in [0.5, 0.6) is 0 Å². The van der Waals surface area contributed by atoms with Crippen molar-refractivity contribution >= 4 is 49.4 Å². The molecule has 0 atom stereocenters. The second-order valence-electron chi connectivity index (χ2n) is 18.5. The van der Waals surface area contributed by atoms with Gasteiger partial charge >= 0.3 is 0 Å². The van der Waals surface area contributed by atoms with Crippen LogP contribution < -0.4 is 4.90 Å². The van der Waals surface area contributed by atoms with Crippen LogP contribution in [0.3, 0.4) is 0 Å². The minimum absolute atomic E-state index is 0.0883. The molecular weight excluding hydrogens is 699 g/mol. The van der Waals surface area contributed by atoms with E-state index in [9.17, 15) is 0 Å². The fourth-order valence-corrected chi connectivity index (χ4v) is 11.5. The average molecular weight is 744 g/mol. The highest BCUT2D eigenvalue weighted by Gasteiger charge is 2.43. The predicted octanol–water partition coefficient (Wildman–Crippen LogP) is 15.5. The van der Waals surface area contributed by atoms with Crippen molar-refractivity contribution in [3.63, 3.8) is 0 Å². The molecule has 9 aromatic carbocycles. The van der Waals surface area contributed by atoms with Gasteiger partial charge in [-0.2, -0.15) is 0 Å². The van der Waals surface area contributed by atoms with Gasteiger partial charge in [0.05, 0.1) is 5.69 Å². The molecule has 0 fully saturated rings. The molecule has 0 amide bonds. The van der Waals surface area contributed by atoms with Crippen molar-refractivity contribution in [2.75, 3.05) is 4.90 Å². The fourth-order valence-electron chi connectivity index (χ4n) is 11.5. The highest BCUT2D eigenvalue weighted by atomic mass is 15.1. The smallest absolute Gasteiger partial charge is 0.0543 e. The van der Waals surface area contributed by atoms with Gasteiger partial charge in [-0.25, -0.2) is 0 Å². The van der Waals surface area contributed by atoms with E-state index in [1.807, 2.05) is 0 Å². The fraction of sp³-hybridized carbons (Fsp3) is 0.158. The third-order valence-corrected chi connectivity index (χ3v) is 14.4. The van der Waals surface area contributed by atoms with E-state index in [4.69, 9.17) is 0 Å². The van der Waals surface area contributed by atoms with E-state index in [1.54, 1.807) is 0 Å². The summed E-state index contributed by atoms with van der Waals surface area (Å²) in [7, 11) is 0. The molecule has 12 rings (SSSR count). The molecule has 9 aromatic rings. The van der Waals surface area contributed by atoms with Crippen molar-refractivity contribution in [3.8, 4) is 33.4 Å². The summed E-state index contributed by atoms with van der Waals surface area (Å²) >= 11 is 0. The lowest BCUT2D eigenvalue weighted by molar-refractivity contribution is 0.652. The van der Waals surface area contributed by atoms with Crippen molar-refractivity contribution in [1.29, 1.82) is 0 Å². The van der Waals surface area contributed by atoms with Crippen molar-refractivity contribution in [2.45, 2.75) is 57.8 Å². The van der Waals surface area contributed by atoms with E-state index < -0.39 is 0 Å². The number of hydrogen-bond donors (Lipinski definition) is 0. The van der Waals surface area contributed by atoms with Crippen LogP contribution in [-0.4, -0.2) is 0 Å². The monoisotopic (exact) mass is 743 g/mol. The van der Waals surface area contributed by atoms with Crippen LogP contribution in [0.1, 0.15) is 74.9 Å². The summed E-state index contributed by atoms with van der Waals surface area (Å²) in [5.41, 5.74) is 19.8. The van der Waals surface area contributed by atoms with E-state index in [-0.39, 0.29) is 16.2 Å². The second kappa shape index (κ2) is 11.4. The molecule has 3 aliphatic rings. The molecular formula is C57H45N. The van der Waals surface area contributed by atoms with E-state index in [1.165, 1.54) is 110 Å². The largest absolute Gasteiger partial charge is 0.310 e. The zero-order valence-corrected chi connectivity index (χ0v) is 34.0. The van der Waals surface area contributed by atoms with Crippen molar-refractivity contribution < 1.29 is 0 Å². The number of fused-ring (bicyclic) bond motifs is 15. The third kappa shape index (κ3) is 4.26. The summed E-state index contributed by atoms with van der Waals surface area (Å²) in [5, 5.41) is 7.86. The molecule has 0 N–H and O–H groups in total. The van der Waals surface area contributed by atoms with Gasteiger partial charge < -0.3 is 4.90 Å². The van der Waals surface area contributed by atoms with E-state index in [2.05, 4.69) is 210 Å². The lowest BCUT2D eigenvalue weighted by Gasteiger charge is -2.31. The zero-order chi connectivity index (χ0) is 39.3. The average Bonchev–Trinajstić information content (AvgIpc) is 3.72. The minimum Gasteiger partial charge on any atom is -0.310 e. The Kier molecular flexibility index (Phi) is 6.60. The Bertz CT molecular complexity index is 3250. The topological polar surface area (TPSA) is 3.24 Å². The Morgan fingerprint density at radius 1 is 0.328 bits per heavy atom. The van der Waals surface area contributed by atoms with Gasteiger partial charge in [-0.05, 0) is 136 Å². The van der Waals surface area contributed by atoms with Gasteiger partial charge in [0.2, 0.25) is 0 Å². The molecule has 1 heteroatoms. The lowest BCUT2D eigenvalue weighted by Crippen LogP contribution is -2.18. The summed E-state index contributed by atoms with van der Waals surface area (Å²) < 4.78 is 0. The van der Waals surface area contributed by atoms with Crippen LogP contribution in [-0.2, 0) is 16.2 Å². The van der Waals surface area contributed by atoms with Crippen LogP contribution >= 0.6 is 0 Å². The van der Waals surface area contributed by atoms with Crippen molar-refractivity contribution in [2.24, 2.45) is 0 Å². The van der Waals surface area contributed by atoms with Crippen molar-refractivity contribution in [1.82, 2.24) is 0 Å². The predicted molar refractivity (Wildman–Crippen MR) is 246 cm³/mol. The molecule has 58 heavy (non-hydrogen) atoms. The quantitative estimate of drug-likeness (QED) is 0.174. The van der Waals surface area contributed by atoms with Crippen LogP contribution in [0, 0.1) is 0 Å². The molecule has 0 heterocycles. The Morgan fingerprint density at radius 2 is 0.879 bits per heavy atom. The second-order valence-corrected chi connectivity index (χ2v) is 18.5. The summed E-state index contributed by atoms with van der Waals surface area (Å²) in [6.45, 7) is 14.5. The van der Waals surface area contributed by atoms with E-state index >= 15 is 0 Å². The Balaban J connectivity index is 1.06. The van der Waals surface area contributed by atoms with Gasteiger partial charge in [-0.3, -0.25) is 0 Å². The first-order chi connectivity index (χ1) is 28.0. The molecule has 278 valence electrons. The first kappa shape index (κ1) is 33.7. The SMILES string of the molecule is CC1(C)c2cc(N(c3ccccc3)c3cc4c(c5ccccc35)-c3ccc5ccccc5c3C4(C)C)ccc2-c2cc3c(cc21)-c1c(ccc2ccccc12)C3(C)C. The van der Waals surface area contributed by atoms with Gasteiger partial charge in [-0.1, -0.05) is 163 Å². The summed E-state index contributed by atoms with van der Waals surface area (Å²) in [4.78, 5) is 2.52. The molecule has 0 spiro atoms. The van der Waals surface area contributed by atoms with Crippen LogP contribution in [0.4, 0.5) is 17.1 Å². The highest BCUT2D eigenvalue weighted by molar-refractivity contribution is 6.12. The number of nitrogens with zero attached hydrogens (tertiary/aromatic N) is 1. The number of anilines is 3. The standard InChI is InChI=1S/C57H45N/c1-55(2)46-29-25-34-16-10-12-20-38(34)52(46)45-32-48-44(31-49(45)55)40-28-26-37(30-47(40)56(48,3)4)58(36-18-8-7-9-19-36)51-33-50-53(42-23-15-14-22-41(42)51)43-27-24-35-17-11-13-21-39(35)54(43)57(50,5)6/h7-33H,1-6H3. The Hall–Kier alpha value is -6.44. The molecule has 3 aliphatic carbocycles. The number of hydrogen-bond acceptors (Lipinski definition) is 1. The van der Waals surface area contributed by atoms with Crippen LogP contribution in [0.25, 0.3) is 65.7 Å². The lowest BCUT2D eigenvalue weighted by atomic mass is 9.79. The van der Waals surface area contributed by atoms with Crippen LogP contribution in [0.2, 0.25) is 0 Å². The Labute approximate surface area is 341 Å². The molecule has 0 saturated carbocycles. The first-order valence-electron chi connectivity index (χ1n) is 20.9. The number of rotatable bonds is 3. The zero-order valence-electron chi connectivity index (χ0n) is 34.0. The van der Waals surface area contributed by atoms with Gasteiger partial charge in [0, 0.05) is 33.0 Å². The van der Waals surface area contributed by atoms with Gasteiger partial charge in [-0.15, -0.1) is 0 Å². The summed E-state index contributed by atoms with van der Waals surface area (Å²) in [6, 6.07) is 62.1. The molecule has 0 radical (unpaired) electrons. The maximum Gasteiger partial charge on any atom is 0.0543 e. The third-order valence-electron chi connectivity index (χ3n) is 14.4. The maximum atomic E-state index is 2.55. The number of para-hydroxylation sites is 1. The van der Waals surface area contributed by atoms with Crippen LogP contribution in [0.15, 0.2) is 164 Å². The molecule has 0 aliphatic heterocycles. The van der Waals surface area contributed by atoms with Crippen molar-refractivity contribution in [3.05, 3.63) is 197 Å². The number of benzene rings is 9. The highest BCUT2D eigenvalue weighted by Crippen LogP contribution is 2.59. The maximum absolute atomic E-state index is 2.55. The molecule has 0 unspecified atom stereocenters. The first-order valence-corrected chi connectivity index (χ1v) is 20.9. The molecule has 0 bridgehead atoms. The molecule has 0 saturated heterocycles. The Morgan fingerprint density at radius 3 is 1.66 bits per heavy atom. The summed E-state index contributed by atoms with van der Waals surface area (Å²) in [6.07, 6.45) is 0. The minimum atomic E-state index is -0.194. The van der Waals surface area contributed by atoms with Gasteiger partial charge in [0.15, 0.2) is 0 Å². The van der Waals surface area contributed by atoms with Gasteiger partial charge in [0.25, 0.3) is 0 Å². The van der Waals surface area contributed by atoms with E-state index in [0.29, 0.717) is 0 Å². The normalized spacial score (nSPS) is 15.8. The molecule has 1 nitrogen and oxygen atoms in total. The van der Waals surface area contributed by atoms with Gasteiger partial charge in [0.1, 0.15) is 0 Å². The van der Waals surface area contributed by atoms with E-state index in [0.717, 1.165) is 5.69 Å².